The molecule has 6 nitrogen and oxygen atoms in total. The zero-order valence-electron chi connectivity index (χ0n) is 11.1. The molecular formula is C14H18N2O4. The Hall–Kier alpha value is -2.08. The Bertz CT molecular complexity index is 478. The summed E-state index contributed by atoms with van der Waals surface area (Å²) in [6.45, 7) is 0.873. The molecule has 0 spiro atoms. The number of benzene rings is 1. The van der Waals surface area contributed by atoms with Crippen molar-refractivity contribution in [3.63, 3.8) is 0 Å². The summed E-state index contributed by atoms with van der Waals surface area (Å²) in [5.74, 6) is -0.993. The number of nitrogens with zero attached hydrogens (tertiary/aromatic N) is 1. The summed E-state index contributed by atoms with van der Waals surface area (Å²) in [5.41, 5.74) is 6.83. The van der Waals surface area contributed by atoms with Crippen molar-refractivity contribution < 1.29 is 19.4 Å². The highest BCUT2D eigenvalue weighted by Crippen LogP contribution is 2.17. The summed E-state index contributed by atoms with van der Waals surface area (Å²) in [6, 6.07) is 6.83. The first-order valence-electron chi connectivity index (χ1n) is 6.54. The smallest absolute Gasteiger partial charge is 0.329 e. The number of anilines is 1. The number of nitrogens with two attached hydrogens (primary N) is 1. The van der Waals surface area contributed by atoms with Gasteiger partial charge in [0, 0.05) is 24.3 Å². The van der Waals surface area contributed by atoms with E-state index in [1.165, 1.54) is 0 Å². The second kappa shape index (κ2) is 6.38. The lowest BCUT2D eigenvalue weighted by Crippen LogP contribution is -2.41. The lowest BCUT2D eigenvalue weighted by Gasteiger charge is -2.31. The SMILES string of the molecule is Nc1ccc(C(=O)N2CCC(OCC(=O)O)CC2)cc1. The highest BCUT2D eigenvalue weighted by atomic mass is 16.5. The predicted octanol–water partition coefficient (Wildman–Crippen LogP) is 0.975. The van der Waals surface area contributed by atoms with E-state index in [4.69, 9.17) is 15.6 Å². The van der Waals surface area contributed by atoms with Crippen LogP contribution in [0.3, 0.4) is 0 Å². The molecule has 0 unspecified atom stereocenters. The van der Waals surface area contributed by atoms with E-state index in [2.05, 4.69) is 0 Å². The number of carbonyl (C=O) groups excluding carboxylic acids is 1. The van der Waals surface area contributed by atoms with Crippen molar-refractivity contribution >= 4 is 17.6 Å². The van der Waals surface area contributed by atoms with Gasteiger partial charge in [-0.2, -0.15) is 0 Å². The maximum absolute atomic E-state index is 12.2. The van der Waals surface area contributed by atoms with E-state index in [1.54, 1.807) is 29.2 Å². The fourth-order valence-electron chi connectivity index (χ4n) is 2.22. The summed E-state index contributed by atoms with van der Waals surface area (Å²) in [7, 11) is 0. The van der Waals surface area contributed by atoms with Crippen LogP contribution in [0, 0.1) is 0 Å². The van der Waals surface area contributed by atoms with Crippen molar-refractivity contribution in [3.05, 3.63) is 29.8 Å². The van der Waals surface area contributed by atoms with Crippen LogP contribution in [-0.4, -0.2) is 47.7 Å². The van der Waals surface area contributed by atoms with Gasteiger partial charge in [0.1, 0.15) is 6.61 Å². The summed E-state index contributed by atoms with van der Waals surface area (Å²) >= 11 is 0. The summed E-state index contributed by atoms with van der Waals surface area (Å²) < 4.78 is 5.24. The van der Waals surface area contributed by atoms with Gasteiger partial charge >= 0.3 is 5.97 Å². The van der Waals surface area contributed by atoms with E-state index < -0.39 is 5.97 Å². The number of ether oxygens (including phenoxy) is 1. The molecule has 0 saturated carbocycles. The minimum atomic E-state index is -0.967. The molecule has 1 saturated heterocycles. The largest absolute Gasteiger partial charge is 0.480 e. The Morgan fingerprint density at radius 2 is 1.85 bits per heavy atom. The molecule has 1 aromatic carbocycles. The fraction of sp³-hybridized carbons (Fsp3) is 0.429. The maximum Gasteiger partial charge on any atom is 0.329 e. The molecule has 108 valence electrons. The van der Waals surface area contributed by atoms with Crippen LogP contribution in [0.4, 0.5) is 5.69 Å². The zero-order valence-corrected chi connectivity index (χ0v) is 11.1. The number of aliphatic carboxylic acids is 1. The summed E-state index contributed by atoms with van der Waals surface area (Å²) in [4.78, 5) is 24.4. The number of hydrogen-bond acceptors (Lipinski definition) is 4. The van der Waals surface area contributed by atoms with Gasteiger partial charge in [-0.15, -0.1) is 0 Å². The van der Waals surface area contributed by atoms with Gasteiger partial charge in [0.05, 0.1) is 6.10 Å². The van der Waals surface area contributed by atoms with Crippen LogP contribution in [0.15, 0.2) is 24.3 Å². The van der Waals surface area contributed by atoms with Crippen LogP contribution in [0.2, 0.25) is 0 Å². The van der Waals surface area contributed by atoms with Gasteiger partial charge in [-0.05, 0) is 37.1 Å². The monoisotopic (exact) mass is 278 g/mol. The van der Waals surface area contributed by atoms with Crippen molar-refractivity contribution in [2.45, 2.75) is 18.9 Å². The molecule has 1 amide bonds. The number of carboxylic acid groups (broad SMARTS) is 1. The molecule has 0 aromatic heterocycles. The van der Waals surface area contributed by atoms with E-state index in [1.807, 2.05) is 0 Å². The van der Waals surface area contributed by atoms with Gasteiger partial charge in [0.15, 0.2) is 0 Å². The molecule has 1 heterocycles. The molecule has 20 heavy (non-hydrogen) atoms. The van der Waals surface area contributed by atoms with Crippen LogP contribution in [0.25, 0.3) is 0 Å². The first kappa shape index (κ1) is 14.3. The topological polar surface area (TPSA) is 92.9 Å². The first-order valence-corrected chi connectivity index (χ1v) is 6.54. The van der Waals surface area contributed by atoms with E-state index in [9.17, 15) is 9.59 Å². The number of hydrogen-bond donors (Lipinski definition) is 2. The molecule has 1 aromatic rings. The standard InChI is InChI=1S/C14H18N2O4/c15-11-3-1-10(2-4-11)14(19)16-7-5-12(6-8-16)20-9-13(17)18/h1-4,12H,5-9,15H2,(H,17,18). The number of piperidine rings is 1. The molecular weight excluding hydrogens is 260 g/mol. The second-order valence-corrected chi connectivity index (χ2v) is 4.82. The third kappa shape index (κ3) is 3.71. The van der Waals surface area contributed by atoms with E-state index >= 15 is 0 Å². The maximum atomic E-state index is 12.2. The summed E-state index contributed by atoms with van der Waals surface area (Å²) in [6.07, 6.45) is 1.24. The number of amides is 1. The third-order valence-corrected chi connectivity index (χ3v) is 3.33. The lowest BCUT2D eigenvalue weighted by molar-refractivity contribution is -0.145. The molecule has 1 aliphatic heterocycles. The average molecular weight is 278 g/mol. The van der Waals surface area contributed by atoms with E-state index in [0.29, 0.717) is 37.2 Å². The molecule has 6 heteroatoms. The van der Waals surface area contributed by atoms with Crippen LogP contribution >= 0.6 is 0 Å². The minimum absolute atomic E-state index is 0.0262. The van der Waals surface area contributed by atoms with Crippen LogP contribution in [-0.2, 0) is 9.53 Å². The molecule has 0 bridgehead atoms. The molecule has 0 radical (unpaired) electrons. The number of likely N-dealkylation sites (tertiary alicyclic amines) is 1. The van der Waals surface area contributed by atoms with E-state index in [-0.39, 0.29) is 18.6 Å². The van der Waals surface area contributed by atoms with Crippen molar-refractivity contribution in [2.75, 3.05) is 25.4 Å². The number of rotatable bonds is 4. The zero-order chi connectivity index (χ0) is 14.5. The predicted molar refractivity (Wildman–Crippen MR) is 73.4 cm³/mol. The Kier molecular flexibility index (Phi) is 4.57. The third-order valence-electron chi connectivity index (χ3n) is 3.33. The van der Waals surface area contributed by atoms with Gasteiger partial charge in [-0.1, -0.05) is 0 Å². The Morgan fingerprint density at radius 1 is 1.25 bits per heavy atom. The minimum Gasteiger partial charge on any atom is -0.480 e. The van der Waals surface area contributed by atoms with Crippen molar-refractivity contribution in [2.24, 2.45) is 0 Å². The molecule has 0 aliphatic carbocycles. The molecule has 2 rings (SSSR count). The molecule has 0 atom stereocenters. The normalized spacial score (nSPS) is 16.1. The van der Waals surface area contributed by atoms with Crippen LogP contribution < -0.4 is 5.73 Å². The van der Waals surface area contributed by atoms with Crippen LogP contribution in [0.1, 0.15) is 23.2 Å². The van der Waals surface area contributed by atoms with Gasteiger partial charge < -0.3 is 20.5 Å². The van der Waals surface area contributed by atoms with Gasteiger partial charge in [0.25, 0.3) is 5.91 Å². The number of carboxylic acids is 1. The second-order valence-electron chi connectivity index (χ2n) is 4.82. The molecule has 1 aliphatic rings. The number of carbonyl (C=O) groups is 2. The van der Waals surface area contributed by atoms with Crippen molar-refractivity contribution in [1.82, 2.24) is 4.90 Å². The van der Waals surface area contributed by atoms with Gasteiger partial charge in [0.2, 0.25) is 0 Å². The first-order chi connectivity index (χ1) is 9.56. The lowest BCUT2D eigenvalue weighted by atomic mass is 10.1. The highest BCUT2D eigenvalue weighted by molar-refractivity contribution is 5.94. The Morgan fingerprint density at radius 3 is 2.40 bits per heavy atom. The fourth-order valence-corrected chi connectivity index (χ4v) is 2.22. The van der Waals surface area contributed by atoms with Crippen molar-refractivity contribution in [1.29, 1.82) is 0 Å². The van der Waals surface area contributed by atoms with Crippen LogP contribution in [0.5, 0.6) is 0 Å². The Balaban J connectivity index is 1.85. The van der Waals surface area contributed by atoms with Gasteiger partial charge in [-0.25, -0.2) is 4.79 Å². The Labute approximate surface area is 117 Å². The van der Waals surface area contributed by atoms with Crippen molar-refractivity contribution in [3.8, 4) is 0 Å². The molecule has 3 N–H and O–H groups in total. The van der Waals surface area contributed by atoms with E-state index in [0.717, 1.165) is 0 Å². The average Bonchev–Trinajstić information content (AvgIpc) is 2.46. The number of nitrogen functional groups attached to an aromatic ring is 1. The highest BCUT2D eigenvalue weighted by Gasteiger charge is 2.24. The quantitative estimate of drug-likeness (QED) is 0.801. The summed E-state index contributed by atoms with van der Waals surface area (Å²) in [5, 5.41) is 8.56. The molecule has 1 fully saturated rings. The van der Waals surface area contributed by atoms with Gasteiger partial charge in [-0.3, -0.25) is 4.79 Å².